The summed E-state index contributed by atoms with van der Waals surface area (Å²) in [6.07, 6.45) is 0.888. The number of rotatable bonds is 4. The number of benzene rings is 4. The van der Waals surface area contributed by atoms with Crippen molar-refractivity contribution in [1.82, 2.24) is 0 Å². The Morgan fingerprint density at radius 3 is 1.56 bits per heavy atom. The largest absolute Gasteiger partial charge is 0.383 e. The normalized spacial score (nSPS) is 30.0. The third kappa shape index (κ3) is 2.59. The smallest absolute Gasteiger partial charge is 0.109 e. The minimum Gasteiger partial charge on any atom is -0.383 e. The maximum Gasteiger partial charge on any atom is 0.109 e. The van der Waals surface area contributed by atoms with Gasteiger partial charge in [0.05, 0.1) is 0 Å². The van der Waals surface area contributed by atoms with Crippen molar-refractivity contribution in [2.45, 2.75) is 31.8 Å². The van der Waals surface area contributed by atoms with Crippen molar-refractivity contribution in [2.24, 2.45) is 10.8 Å². The molecule has 0 aliphatic heterocycles. The van der Waals surface area contributed by atoms with Crippen molar-refractivity contribution in [3.63, 3.8) is 0 Å². The first-order valence-electron chi connectivity index (χ1n) is 12.2. The first-order valence-corrected chi connectivity index (χ1v) is 12.2. The maximum absolute atomic E-state index is 13.1. The molecule has 2 aliphatic carbocycles. The molecule has 0 unspecified atom stereocenters. The van der Waals surface area contributed by atoms with Crippen LogP contribution in [0.25, 0.3) is 11.1 Å². The molecule has 1 fully saturated rings. The van der Waals surface area contributed by atoms with E-state index < -0.39 is 16.4 Å². The number of fused-ring (bicyclic) bond motifs is 2. The Bertz CT molecular complexity index is 1340. The van der Waals surface area contributed by atoms with Gasteiger partial charge in [0.1, 0.15) is 5.60 Å². The van der Waals surface area contributed by atoms with Gasteiger partial charge in [0.2, 0.25) is 0 Å². The van der Waals surface area contributed by atoms with Crippen LogP contribution in [0.5, 0.6) is 0 Å². The van der Waals surface area contributed by atoms with Gasteiger partial charge in [-0.1, -0.05) is 135 Å². The van der Waals surface area contributed by atoms with Crippen molar-refractivity contribution in [3.8, 4) is 0 Å². The van der Waals surface area contributed by atoms with E-state index in [1.807, 2.05) is 6.07 Å². The number of aliphatic hydroxyl groups is 1. The predicted octanol–water partition coefficient (Wildman–Crippen LogP) is 7.70. The summed E-state index contributed by atoms with van der Waals surface area (Å²) in [6.45, 7) is 4.60. The van der Waals surface area contributed by atoms with E-state index in [1.54, 1.807) is 0 Å². The first-order chi connectivity index (χ1) is 16.5. The molecule has 0 amide bonds. The lowest BCUT2D eigenvalue weighted by atomic mass is 9.62. The molecule has 2 bridgehead atoms. The summed E-state index contributed by atoms with van der Waals surface area (Å²) in [6, 6.07) is 42.6. The lowest BCUT2D eigenvalue weighted by molar-refractivity contribution is -0.0774. The quantitative estimate of drug-likeness (QED) is 0.343. The van der Waals surface area contributed by atoms with Crippen LogP contribution in [0, 0.1) is 10.8 Å². The Morgan fingerprint density at radius 2 is 1.03 bits per heavy atom. The van der Waals surface area contributed by atoms with Gasteiger partial charge in [-0.3, -0.25) is 0 Å². The summed E-state index contributed by atoms with van der Waals surface area (Å²) in [4.78, 5) is 0. The van der Waals surface area contributed by atoms with Crippen molar-refractivity contribution < 1.29 is 5.11 Å². The average molecular weight is 443 g/mol. The minimum atomic E-state index is -1.06. The van der Waals surface area contributed by atoms with Crippen LogP contribution in [0.4, 0.5) is 0 Å². The second-order valence-corrected chi connectivity index (χ2v) is 10.3. The molecule has 168 valence electrons. The highest BCUT2D eigenvalue weighted by molar-refractivity contribution is 6.02. The van der Waals surface area contributed by atoms with Crippen LogP contribution in [-0.4, -0.2) is 5.11 Å². The van der Waals surface area contributed by atoms with Crippen molar-refractivity contribution in [3.05, 3.63) is 144 Å². The van der Waals surface area contributed by atoms with Crippen LogP contribution < -0.4 is 0 Å². The van der Waals surface area contributed by atoms with E-state index >= 15 is 0 Å². The van der Waals surface area contributed by atoms with Gasteiger partial charge in [0.25, 0.3) is 0 Å². The predicted molar refractivity (Wildman–Crippen MR) is 140 cm³/mol. The summed E-state index contributed by atoms with van der Waals surface area (Å²) in [7, 11) is 0. The molecule has 4 atom stereocenters. The lowest BCUT2D eigenvalue weighted by Crippen LogP contribution is -2.46. The fraction of sp³-hybridized carbons (Fsp3) is 0.212. The molecule has 1 N–H and O–H groups in total. The van der Waals surface area contributed by atoms with Crippen molar-refractivity contribution in [1.29, 1.82) is 0 Å². The Hall–Kier alpha value is -3.42. The third-order valence-electron chi connectivity index (χ3n) is 8.70. The molecule has 34 heavy (non-hydrogen) atoms. The van der Waals surface area contributed by atoms with E-state index in [9.17, 15) is 5.11 Å². The Kier molecular flexibility index (Phi) is 4.69. The topological polar surface area (TPSA) is 20.2 Å². The molecule has 4 aromatic carbocycles. The molecule has 6 rings (SSSR count). The van der Waals surface area contributed by atoms with Gasteiger partial charge in [0.15, 0.2) is 0 Å². The Balaban J connectivity index is 1.73. The van der Waals surface area contributed by atoms with Crippen LogP contribution in [0.2, 0.25) is 0 Å². The standard InChI is InChI=1S/C33H30O/c1-31-23-28(24-15-7-3-8-16-24)32(2,33(31,34)27-21-13-6-14-22-27)30(26-19-11-5-12-20-26)29(31)25-17-9-4-10-18-25/h3-22,28,34H,23H2,1-2H3/t28-,31-,32+,33-/m0/s1. The van der Waals surface area contributed by atoms with Crippen LogP contribution in [0.1, 0.15) is 48.4 Å². The van der Waals surface area contributed by atoms with Gasteiger partial charge in [-0.25, -0.2) is 0 Å². The van der Waals surface area contributed by atoms with E-state index in [0.29, 0.717) is 0 Å². The zero-order valence-electron chi connectivity index (χ0n) is 19.8. The van der Waals surface area contributed by atoms with Gasteiger partial charge < -0.3 is 5.11 Å². The van der Waals surface area contributed by atoms with E-state index in [-0.39, 0.29) is 5.92 Å². The van der Waals surface area contributed by atoms with Crippen molar-refractivity contribution >= 4 is 11.1 Å². The second-order valence-electron chi connectivity index (χ2n) is 10.3. The van der Waals surface area contributed by atoms with Crippen LogP contribution in [0.3, 0.4) is 0 Å². The van der Waals surface area contributed by atoms with Crippen LogP contribution >= 0.6 is 0 Å². The van der Waals surface area contributed by atoms with Gasteiger partial charge >= 0.3 is 0 Å². The molecule has 1 heteroatoms. The molecule has 1 nitrogen and oxygen atoms in total. The zero-order valence-corrected chi connectivity index (χ0v) is 19.8. The van der Waals surface area contributed by atoms with Gasteiger partial charge in [-0.05, 0) is 45.7 Å². The molecule has 1 saturated carbocycles. The summed E-state index contributed by atoms with van der Waals surface area (Å²) < 4.78 is 0. The lowest BCUT2D eigenvalue weighted by Gasteiger charge is -2.45. The van der Waals surface area contributed by atoms with Gasteiger partial charge in [-0.15, -0.1) is 0 Å². The molecule has 0 aromatic heterocycles. The monoisotopic (exact) mass is 442 g/mol. The van der Waals surface area contributed by atoms with Crippen LogP contribution in [-0.2, 0) is 5.60 Å². The van der Waals surface area contributed by atoms with Crippen molar-refractivity contribution in [2.75, 3.05) is 0 Å². The van der Waals surface area contributed by atoms with E-state index in [4.69, 9.17) is 0 Å². The number of hydrogen-bond donors (Lipinski definition) is 1. The summed E-state index contributed by atoms with van der Waals surface area (Å²) in [5, 5.41) is 13.1. The molecular weight excluding hydrogens is 412 g/mol. The van der Waals surface area contributed by atoms with E-state index in [2.05, 4.69) is 129 Å². The Labute approximate surface area is 202 Å². The molecule has 0 saturated heterocycles. The average Bonchev–Trinajstić information content (AvgIpc) is 3.18. The van der Waals surface area contributed by atoms with Crippen LogP contribution in [0.15, 0.2) is 121 Å². The third-order valence-corrected chi connectivity index (χ3v) is 8.70. The first kappa shape index (κ1) is 21.1. The highest BCUT2D eigenvalue weighted by Gasteiger charge is 2.75. The zero-order chi connectivity index (χ0) is 23.4. The van der Waals surface area contributed by atoms with E-state index in [1.165, 1.54) is 27.8 Å². The highest BCUT2D eigenvalue weighted by Crippen LogP contribution is 2.81. The fourth-order valence-electron chi connectivity index (χ4n) is 7.31. The van der Waals surface area contributed by atoms with E-state index in [0.717, 1.165) is 12.0 Å². The SMILES string of the molecule is C[C@]12C[C@@H](c3ccccc3)[C@](C)(C(c3ccccc3)=C1c1ccccc1)[C@]2(O)c1ccccc1. The van der Waals surface area contributed by atoms with Gasteiger partial charge in [-0.2, -0.15) is 0 Å². The number of hydrogen-bond acceptors (Lipinski definition) is 1. The summed E-state index contributed by atoms with van der Waals surface area (Å²) >= 11 is 0. The fourth-order valence-corrected chi connectivity index (χ4v) is 7.31. The molecule has 0 spiro atoms. The second kappa shape index (κ2) is 7.55. The maximum atomic E-state index is 13.1. The molecular formula is C33H30O. The molecule has 4 aromatic rings. The highest BCUT2D eigenvalue weighted by atomic mass is 16.3. The van der Waals surface area contributed by atoms with Gasteiger partial charge in [0, 0.05) is 10.8 Å². The Morgan fingerprint density at radius 1 is 0.588 bits per heavy atom. The minimum absolute atomic E-state index is 0.187. The summed E-state index contributed by atoms with van der Waals surface area (Å²) in [5.41, 5.74) is 5.21. The summed E-state index contributed by atoms with van der Waals surface area (Å²) in [5.74, 6) is 0.187. The molecule has 2 aliphatic rings. The molecule has 0 heterocycles. The molecule has 0 radical (unpaired) electrons.